The molecule has 8 rings (SSSR count). The fourth-order valence-corrected chi connectivity index (χ4v) is 17.0. The van der Waals surface area contributed by atoms with Crippen molar-refractivity contribution in [2.45, 2.75) is 210 Å². The molecule has 1 aliphatic carbocycles. The van der Waals surface area contributed by atoms with E-state index in [4.69, 9.17) is 77.8 Å². The third kappa shape index (κ3) is 34.5. The van der Waals surface area contributed by atoms with Crippen molar-refractivity contribution in [3.8, 4) is 16.9 Å². The molecule has 30 nitrogen and oxygen atoms in total. The lowest BCUT2D eigenvalue weighted by atomic mass is 9.80. The molecule has 0 spiro atoms. The van der Waals surface area contributed by atoms with Gasteiger partial charge in [-0.25, -0.2) is 9.78 Å². The van der Waals surface area contributed by atoms with Crippen molar-refractivity contribution in [3.05, 3.63) is 119 Å². The van der Waals surface area contributed by atoms with E-state index < -0.39 is 96.0 Å². The number of methoxy groups -OCH3 is 2. The number of benzene rings is 2. The van der Waals surface area contributed by atoms with Gasteiger partial charge in [-0.05, 0) is 180 Å². The minimum Gasteiger partial charge on any atom is -0.491 e. The fourth-order valence-electron chi connectivity index (χ4n) is 16.2. The fraction of sp³-hybridized carbons (Fsp3) is 0.667. The minimum absolute atomic E-state index is 0.0108. The molecule has 1 saturated carbocycles. The zero-order valence-corrected chi connectivity index (χ0v) is 75.3. The summed E-state index contributed by atoms with van der Waals surface area (Å²) in [6.07, 6.45) is 14.7. The topological polar surface area (TPSA) is 388 Å². The van der Waals surface area contributed by atoms with Crippen LogP contribution in [-0.2, 0) is 87.3 Å². The van der Waals surface area contributed by atoms with Gasteiger partial charge in [-0.3, -0.25) is 24.0 Å². The number of aliphatic hydroxyl groups excluding tert-OH is 2. The number of hydrogen-bond acceptors (Lipinski definition) is 27. The van der Waals surface area contributed by atoms with Crippen molar-refractivity contribution in [2.75, 3.05) is 171 Å². The minimum atomic E-state index is -2.34. The first-order valence-electron chi connectivity index (χ1n) is 44.5. The number of pyridine rings is 1. The second-order valence-electron chi connectivity index (χ2n) is 33.2. The molecule has 692 valence electrons. The number of anilines is 1. The number of hydrogen-bond donors (Lipinski definition) is 7. The van der Waals surface area contributed by atoms with Crippen LogP contribution >= 0.6 is 11.8 Å². The molecule has 5 heterocycles. The molecule has 3 aromatic rings. The Hall–Kier alpha value is -7.12. The number of allylic oxidation sites excluding steroid dienone is 6. The van der Waals surface area contributed by atoms with Crippen LogP contribution in [0.3, 0.4) is 0 Å². The SMILES string of the molecule is CO[C@H]1C[C@@H]2CC[C@@H](C)[C@@](O)(O2)C(=O)C(=O)N2CCCC[C@H]2CO[C@H]([C@H](N)CC2CC[C@@H](OC(=O)NCCOCCOCCOCCOCCOCCOCCOCCOCCC(=O)NCCSc3ccc(C(=O)N4CCOc5ccc(-c6ccc(N)nc6)cc5C4)c(C)c3)[C@H](OC)C2)CC[C@H](C)/C=C(\C)[C@@H](O)[C@@H](O)C(=O)[C@H](C)C[C@H](C)/C=C/C=C/C=C/1C. The van der Waals surface area contributed by atoms with Crippen LogP contribution in [0.15, 0.2) is 107 Å². The molecular formula is C93H141N7O23S. The number of rotatable bonds is 39. The molecule has 2 aromatic carbocycles. The Morgan fingerprint density at radius 1 is 0.669 bits per heavy atom. The second-order valence-corrected chi connectivity index (χ2v) is 34.4. The van der Waals surface area contributed by atoms with Gasteiger partial charge in [0, 0.05) is 105 Å². The first-order valence-corrected chi connectivity index (χ1v) is 45.5. The van der Waals surface area contributed by atoms with Crippen LogP contribution in [0.1, 0.15) is 153 Å². The molecular weight excluding hydrogens is 1620 g/mol. The molecule has 1 aromatic heterocycles. The smallest absolute Gasteiger partial charge is 0.407 e. The zero-order valence-electron chi connectivity index (χ0n) is 74.5. The molecule has 0 radical (unpaired) electrons. The molecule has 4 amide bonds. The van der Waals surface area contributed by atoms with Crippen molar-refractivity contribution in [2.24, 2.45) is 35.3 Å². The highest BCUT2D eigenvalue weighted by atomic mass is 32.2. The van der Waals surface area contributed by atoms with Gasteiger partial charge >= 0.3 is 6.09 Å². The van der Waals surface area contributed by atoms with E-state index in [1.807, 2.05) is 112 Å². The van der Waals surface area contributed by atoms with Gasteiger partial charge in [0.2, 0.25) is 11.7 Å². The van der Waals surface area contributed by atoms with Crippen molar-refractivity contribution in [1.29, 1.82) is 0 Å². The Bertz CT molecular complexity index is 3850. The van der Waals surface area contributed by atoms with Gasteiger partial charge in [-0.2, -0.15) is 0 Å². The molecule has 1 unspecified atom stereocenters. The summed E-state index contributed by atoms with van der Waals surface area (Å²) in [5.74, 6) is -4.08. The van der Waals surface area contributed by atoms with Crippen molar-refractivity contribution >= 4 is 53.0 Å². The maximum Gasteiger partial charge on any atom is 0.407 e. The van der Waals surface area contributed by atoms with E-state index in [0.717, 1.165) is 44.9 Å². The summed E-state index contributed by atoms with van der Waals surface area (Å²) >= 11 is 1.61. The maximum atomic E-state index is 14.5. The Kier molecular flexibility index (Phi) is 45.8. The van der Waals surface area contributed by atoms with E-state index in [1.165, 1.54) is 4.90 Å². The number of aliphatic hydroxyl groups is 3. The number of nitrogens with one attached hydrogen (secondary N) is 2. The maximum absolute atomic E-state index is 14.5. The Labute approximate surface area is 737 Å². The molecule has 15 atom stereocenters. The predicted molar refractivity (Wildman–Crippen MR) is 471 cm³/mol. The third-order valence-electron chi connectivity index (χ3n) is 23.5. The number of thioether (sulfide) groups is 1. The Balaban J connectivity index is 0.621. The summed E-state index contributed by atoms with van der Waals surface area (Å²) in [5.41, 5.74) is 18.7. The lowest BCUT2D eigenvalue weighted by molar-refractivity contribution is -0.265. The summed E-state index contributed by atoms with van der Waals surface area (Å²) in [4.78, 5) is 90.3. The van der Waals surface area contributed by atoms with Gasteiger partial charge in [0.1, 0.15) is 36.5 Å². The molecule has 4 aliphatic heterocycles. The number of nitrogen functional groups attached to an aromatic ring is 1. The number of alkyl carbamates (subject to hydrolysis) is 1. The number of ether oxygens (including phenoxy) is 14. The summed E-state index contributed by atoms with van der Waals surface area (Å²) in [5, 5.41) is 40.4. The lowest BCUT2D eigenvalue weighted by Gasteiger charge is -2.43. The van der Waals surface area contributed by atoms with Crippen LogP contribution in [0, 0.1) is 36.5 Å². The standard InChI is InChI=1S/C93H141N7O23S/c1-63-15-11-10-12-16-65(3)82(110-8)59-75-23-19-69(7)93(109,123-75)89(105)91(107)100-33-14-13-17-74(100)62-121-80(26-18-64(2)54-68(6)87(103)88(104)86(102)67(5)53-63)78(94)56-70-20-27-81(83(57-70)111-9)122-92(108)97-31-36-113-39-41-115-43-45-117-47-49-119-51-50-118-48-46-116-44-42-114-40-38-112-35-30-85(101)96-32-52-124-76-24-25-77(66(4)55-76)90(106)99-34-37-120-79-28-21-71(58-73(79)61-99)72-22-29-84(95)98-60-72/h10-12,15-16,21-22,24-25,28-29,54-55,58,60,63-64,67,69-70,74-75,78,80-83,87-88,103-104,109H,13-14,17-20,23,26-27,30-53,56-57,59,61-62,94H2,1-9H3,(H2,95,98)(H,96,101)(H,97,108)/b12-10+,15-11+,65-16+,68-54+/t63-,64+,67-,69-,70?,74+,75+,78-,80+,81-,82+,83-,87-,88+,93-/m1/s1. The Morgan fingerprint density at radius 2 is 1.34 bits per heavy atom. The van der Waals surface area contributed by atoms with Gasteiger partial charge < -0.3 is 114 Å². The normalized spacial score (nSPS) is 27.2. The summed E-state index contributed by atoms with van der Waals surface area (Å²) in [6, 6.07) is 14.5. The van der Waals surface area contributed by atoms with Gasteiger partial charge in [-0.15, -0.1) is 11.8 Å². The first kappa shape index (κ1) is 102. The predicted octanol–water partition coefficient (Wildman–Crippen LogP) is 9.66. The molecule has 3 fully saturated rings. The average Bonchev–Trinajstić information content (AvgIpc) is 0.788. The number of carbonyl (C=O) groups excluding carboxylic acids is 6. The Morgan fingerprint density at radius 3 is 1.99 bits per heavy atom. The van der Waals surface area contributed by atoms with Crippen LogP contribution in [0.2, 0.25) is 0 Å². The highest BCUT2D eigenvalue weighted by molar-refractivity contribution is 7.99. The molecule has 2 saturated heterocycles. The summed E-state index contributed by atoms with van der Waals surface area (Å²) in [6.45, 7) is 21.4. The number of fused-ring (bicyclic) bond motifs is 4. The van der Waals surface area contributed by atoms with E-state index in [-0.39, 0.29) is 62.4 Å². The number of Topliss-reactive ketones (excluding diaryl/α,β-unsaturated/α-hetero) is 2. The van der Waals surface area contributed by atoms with Crippen molar-refractivity contribution in [3.63, 3.8) is 0 Å². The highest BCUT2D eigenvalue weighted by Gasteiger charge is 2.53. The quantitative estimate of drug-likeness (QED) is 0.0121. The molecule has 124 heavy (non-hydrogen) atoms. The van der Waals surface area contributed by atoms with Crippen LogP contribution in [0.4, 0.5) is 10.6 Å². The van der Waals surface area contributed by atoms with Crippen LogP contribution in [0.25, 0.3) is 11.1 Å². The number of aryl methyl sites for hydroxylation is 1. The van der Waals surface area contributed by atoms with Crippen molar-refractivity contribution < 1.29 is 110 Å². The summed E-state index contributed by atoms with van der Waals surface area (Å²) in [7, 11) is 3.19. The number of nitrogens with zero attached hydrogens (tertiary/aromatic N) is 3. The van der Waals surface area contributed by atoms with Crippen LogP contribution < -0.4 is 26.8 Å². The number of ketones is 2. The van der Waals surface area contributed by atoms with Gasteiger partial charge in [-0.1, -0.05) is 70.2 Å². The number of nitrogens with two attached hydrogens (primary N) is 2. The monoisotopic (exact) mass is 1760 g/mol. The van der Waals surface area contributed by atoms with E-state index in [9.17, 15) is 44.1 Å². The van der Waals surface area contributed by atoms with Gasteiger partial charge in [0.15, 0.2) is 5.78 Å². The number of amides is 4. The zero-order chi connectivity index (χ0) is 89.2. The molecule has 31 heteroatoms. The number of aromatic nitrogens is 1. The van der Waals surface area contributed by atoms with Gasteiger partial charge in [0.05, 0.1) is 149 Å². The first-order chi connectivity index (χ1) is 59.8. The van der Waals surface area contributed by atoms with Crippen LogP contribution in [0.5, 0.6) is 5.75 Å². The summed E-state index contributed by atoms with van der Waals surface area (Å²) < 4.78 is 81.7. The van der Waals surface area contributed by atoms with Crippen LogP contribution in [-0.4, -0.2) is 291 Å². The van der Waals surface area contributed by atoms with Crippen molar-refractivity contribution in [1.82, 2.24) is 25.4 Å². The molecule has 5 aliphatic rings. The van der Waals surface area contributed by atoms with E-state index >= 15 is 0 Å². The van der Waals surface area contributed by atoms with Gasteiger partial charge in [0.25, 0.3) is 17.6 Å². The second kappa shape index (κ2) is 55.6. The lowest BCUT2D eigenvalue weighted by Crippen LogP contribution is -2.60. The van der Waals surface area contributed by atoms with E-state index in [0.29, 0.717) is 225 Å². The average molecular weight is 1760 g/mol. The van der Waals surface area contributed by atoms with E-state index in [1.54, 1.807) is 59.0 Å². The number of carbonyl (C=O) groups is 6. The third-order valence-corrected chi connectivity index (χ3v) is 24.5. The largest absolute Gasteiger partial charge is 0.491 e. The highest BCUT2D eigenvalue weighted by Crippen LogP contribution is 2.39. The molecule has 9 N–H and O–H groups in total. The number of piperidine rings is 1. The molecule has 2 bridgehead atoms. The van der Waals surface area contributed by atoms with E-state index in [2.05, 4.69) is 15.6 Å².